The van der Waals surface area contributed by atoms with Gasteiger partial charge in [-0.25, -0.2) is 48.7 Å². The number of fused-ring (bicyclic) bond motifs is 4. The van der Waals surface area contributed by atoms with E-state index in [9.17, 15) is 8.78 Å². The molecule has 30 heteroatoms. The van der Waals surface area contributed by atoms with E-state index in [2.05, 4.69) is 99.8 Å². The second kappa shape index (κ2) is 29.0. The van der Waals surface area contributed by atoms with Crippen LogP contribution in [0.5, 0.6) is 46.5 Å². The first kappa shape index (κ1) is 59.8. The Bertz CT molecular complexity index is 4290. The lowest BCUT2D eigenvalue weighted by Crippen LogP contribution is -2.03. The Balaban J connectivity index is 0.000000140. The van der Waals surface area contributed by atoms with Crippen LogP contribution in [0.3, 0.4) is 0 Å². The lowest BCUT2D eigenvalue weighted by atomic mass is 10.2. The third-order valence-corrected chi connectivity index (χ3v) is 11.9. The molecule has 0 amide bonds. The van der Waals surface area contributed by atoms with Crippen LogP contribution in [-0.4, -0.2) is 113 Å². The van der Waals surface area contributed by atoms with Crippen LogP contribution in [0.1, 0.15) is 22.3 Å². The maximum Gasteiger partial charge on any atom is 0.233 e. The highest BCUT2D eigenvalue weighted by atomic mass is 19.1. The molecule has 0 spiro atoms. The first-order valence-electron chi connectivity index (χ1n) is 25.6. The van der Waals surface area contributed by atoms with Crippen molar-refractivity contribution in [1.82, 2.24) is 59.8 Å². The second-order valence-electron chi connectivity index (χ2n) is 17.4. The number of ether oxygens (including phenoxy) is 4. The van der Waals surface area contributed by atoms with Crippen LogP contribution in [0.4, 0.5) is 32.1 Å². The number of aromatic nitrogens is 12. The van der Waals surface area contributed by atoms with Crippen LogP contribution in [-0.2, 0) is 19.4 Å². The SMILES string of the molecule is CO/N=C/c1c(N)ncnc1Oc1cc2cc[nH]c2cc1F.CO/N=C/c1c(N)ncnc1Oc1ccc2[nH]ccc2c1F.CO/N=C/c1c(N)ncnc1Oc1ccc2cccnc2c1.CO/N=C/c1c(N)ncnc1Oc1ccc2ncccc2c1. The van der Waals surface area contributed by atoms with Gasteiger partial charge >= 0.3 is 0 Å². The topological polar surface area (TPSA) is 388 Å². The number of nitrogen functional groups attached to an aromatic ring is 4. The molecule has 0 aliphatic heterocycles. The van der Waals surface area contributed by atoms with Crippen LogP contribution in [0.2, 0.25) is 0 Å². The number of aromatic amines is 2. The Labute approximate surface area is 496 Å². The second-order valence-corrected chi connectivity index (χ2v) is 17.4. The van der Waals surface area contributed by atoms with E-state index in [4.69, 9.17) is 41.9 Å². The van der Waals surface area contributed by atoms with E-state index in [0.29, 0.717) is 61.9 Å². The third kappa shape index (κ3) is 14.9. The molecule has 0 aliphatic carbocycles. The molecule has 12 aromatic rings. The molecule has 88 heavy (non-hydrogen) atoms. The van der Waals surface area contributed by atoms with E-state index >= 15 is 0 Å². The summed E-state index contributed by atoms with van der Waals surface area (Å²) in [5.41, 5.74) is 27.7. The minimum Gasteiger partial charge on any atom is -0.438 e. The van der Waals surface area contributed by atoms with Gasteiger partial charge in [-0.15, -0.1) is 0 Å². The Morgan fingerprint density at radius 2 is 0.875 bits per heavy atom. The number of H-pyrrole nitrogens is 2. The van der Waals surface area contributed by atoms with E-state index in [0.717, 1.165) is 27.2 Å². The molecule has 8 heterocycles. The predicted molar refractivity (Wildman–Crippen MR) is 324 cm³/mol. The maximum absolute atomic E-state index is 14.4. The van der Waals surface area contributed by atoms with Gasteiger partial charge in [0, 0.05) is 69.5 Å². The molecular formula is C58H50F2N20O8. The highest BCUT2D eigenvalue weighted by molar-refractivity contribution is 5.91. The molecular weight excluding hydrogens is 1140 g/mol. The number of rotatable bonds is 16. The van der Waals surface area contributed by atoms with Crippen LogP contribution in [0.25, 0.3) is 43.6 Å². The van der Waals surface area contributed by atoms with Gasteiger partial charge in [0.05, 0.1) is 35.9 Å². The molecule has 10 N–H and O–H groups in total. The number of nitrogens with two attached hydrogens (primary N) is 4. The number of hydrogen-bond acceptors (Lipinski definition) is 26. The average Bonchev–Trinajstić information content (AvgIpc) is 3.84. The molecule has 0 aliphatic rings. The normalized spacial score (nSPS) is 11.1. The number of pyridine rings is 2. The van der Waals surface area contributed by atoms with Crippen molar-refractivity contribution in [1.29, 1.82) is 0 Å². The molecule has 0 bridgehead atoms. The first-order valence-corrected chi connectivity index (χ1v) is 25.6. The lowest BCUT2D eigenvalue weighted by molar-refractivity contribution is 0.215. The largest absolute Gasteiger partial charge is 0.438 e. The van der Waals surface area contributed by atoms with Crippen molar-refractivity contribution in [3.05, 3.63) is 181 Å². The lowest BCUT2D eigenvalue weighted by Gasteiger charge is -2.09. The summed E-state index contributed by atoms with van der Waals surface area (Å²) in [7, 11) is 5.65. The van der Waals surface area contributed by atoms with E-state index in [-0.39, 0.29) is 46.5 Å². The van der Waals surface area contributed by atoms with Gasteiger partial charge in [-0.2, -0.15) is 0 Å². The van der Waals surface area contributed by atoms with E-state index in [1.165, 1.54) is 90.7 Å². The van der Waals surface area contributed by atoms with Crippen molar-refractivity contribution in [2.24, 2.45) is 20.6 Å². The molecule has 4 aromatic carbocycles. The summed E-state index contributed by atoms with van der Waals surface area (Å²) >= 11 is 0. The van der Waals surface area contributed by atoms with Crippen LogP contribution in [0.15, 0.2) is 168 Å². The van der Waals surface area contributed by atoms with E-state index < -0.39 is 11.6 Å². The van der Waals surface area contributed by atoms with Crippen molar-refractivity contribution >= 4 is 91.7 Å². The highest BCUT2D eigenvalue weighted by Gasteiger charge is 2.18. The zero-order valence-electron chi connectivity index (χ0n) is 46.8. The van der Waals surface area contributed by atoms with Gasteiger partial charge in [0.15, 0.2) is 23.1 Å². The molecule has 12 rings (SSSR count). The van der Waals surface area contributed by atoms with Gasteiger partial charge < -0.3 is 71.2 Å². The third-order valence-electron chi connectivity index (χ3n) is 11.9. The molecule has 0 radical (unpaired) electrons. The number of anilines is 4. The minimum absolute atomic E-state index is 0.0252. The Kier molecular flexibility index (Phi) is 19.7. The van der Waals surface area contributed by atoms with Gasteiger partial charge in [-0.05, 0) is 72.8 Å². The number of nitrogens with one attached hydrogen (secondary N) is 2. The van der Waals surface area contributed by atoms with Crippen LogP contribution in [0, 0.1) is 11.6 Å². The summed E-state index contributed by atoms with van der Waals surface area (Å²) in [5.74, 6) is 1.81. The van der Waals surface area contributed by atoms with Crippen LogP contribution < -0.4 is 41.9 Å². The Morgan fingerprint density at radius 3 is 1.42 bits per heavy atom. The number of halogens is 2. The smallest absolute Gasteiger partial charge is 0.233 e. The summed E-state index contributed by atoms with van der Waals surface area (Å²) in [6.07, 6.45) is 17.4. The minimum atomic E-state index is -0.526. The van der Waals surface area contributed by atoms with Gasteiger partial charge in [0.25, 0.3) is 0 Å². The predicted octanol–water partition coefficient (Wildman–Crippen LogP) is 9.66. The first-order chi connectivity index (χ1) is 42.9. The van der Waals surface area contributed by atoms with E-state index in [1.54, 1.807) is 43.0 Å². The van der Waals surface area contributed by atoms with Gasteiger partial charge in [0.2, 0.25) is 23.5 Å². The molecule has 8 aromatic heterocycles. The number of oxime groups is 4. The fourth-order valence-electron chi connectivity index (χ4n) is 7.75. The van der Waals surface area contributed by atoms with Crippen molar-refractivity contribution in [3.63, 3.8) is 0 Å². The van der Waals surface area contributed by atoms with Gasteiger partial charge in [-0.3, -0.25) is 9.97 Å². The van der Waals surface area contributed by atoms with Gasteiger partial charge in [0.1, 0.15) is 111 Å². The molecule has 0 fully saturated rings. The molecule has 0 saturated carbocycles. The molecule has 0 atom stereocenters. The monoisotopic (exact) mass is 1190 g/mol. The zero-order valence-corrected chi connectivity index (χ0v) is 46.8. The van der Waals surface area contributed by atoms with Crippen molar-refractivity contribution in [2.45, 2.75) is 0 Å². The van der Waals surface area contributed by atoms with Crippen molar-refractivity contribution in [3.8, 4) is 46.5 Å². The van der Waals surface area contributed by atoms with Gasteiger partial charge in [-0.1, -0.05) is 32.8 Å². The fraction of sp³-hybridized carbons (Fsp3) is 0.0690. The zero-order chi connectivity index (χ0) is 61.8. The Hall–Kier alpha value is -12.8. The van der Waals surface area contributed by atoms with Crippen molar-refractivity contribution in [2.75, 3.05) is 51.4 Å². The highest BCUT2D eigenvalue weighted by Crippen LogP contribution is 2.33. The number of hydrogen-bond donors (Lipinski definition) is 6. The summed E-state index contributed by atoms with van der Waals surface area (Å²) in [6.45, 7) is 0. The van der Waals surface area contributed by atoms with Crippen molar-refractivity contribution < 1.29 is 47.1 Å². The summed E-state index contributed by atoms with van der Waals surface area (Å²) in [6, 6.07) is 28.4. The quantitative estimate of drug-likeness (QED) is 0.0387. The molecule has 0 unspecified atom stereocenters. The Morgan fingerprint density at radius 1 is 0.409 bits per heavy atom. The van der Waals surface area contributed by atoms with E-state index in [1.807, 2.05) is 66.7 Å². The maximum atomic E-state index is 14.4. The summed E-state index contributed by atoms with van der Waals surface area (Å²) < 4.78 is 51.1. The van der Waals surface area contributed by atoms with Crippen LogP contribution >= 0.6 is 0 Å². The fourth-order valence-corrected chi connectivity index (χ4v) is 7.75. The summed E-state index contributed by atoms with van der Waals surface area (Å²) in [5, 5.41) is 17.8. The standard InChI is InChI=1S/2C15H13N5O2.2C14H12FN5O2/c1-21-20-8-12-14(16)18-9-19-15(12)22-11-4-5-13-10(7-11)3-2-6-17-13;1-21-20-8-12-14(16)18-9-19-15(12)22-11-5-4-10-3-2-6-17-13(10)7-11;1-21-20-6-9-13(16)18-7-19-14(9)22-12-4-8-2-3-17-11(8)5-10(12)15;1-21-20-6-9-13(16)18-7-19-14(9)22-11-3-2-10-8(12(11)15)4-5-17-10/h2*2-9H,1H3,(H2,16,18,19);2*2-7,17H,1H3,(H2,16,18,19)/b2*20-8+;2*20-6+. The number of nitrogens with zero attached hydrogens (tertiary/aromatic N) is 14. The molecule has 0 saturated heterocycles. The molecule has 28 nitrogen and oxygen atoms in total. The number of benzene rings is 4. The molecule has 444 valence electrons. The summed E-state index contributed by atoms with van der Waals surface area (Å²) in [4.78, 5) is 64.5. The average molecular weight is 1190 g/mol.